The van der Waals surface area contributed by atoms with E-state index in [1.165, 1.54) is 5.56 Å². The second kappa shape index (κ2) is 4.57. The first-order valence-electron chi connectivity index (χ1n) is 4.95. The monoisotopic (exact) mass is 278 g/mol. The molecule has 0 bridgehead atoms. The molecule has 2 aromatic rings. The van der Waals surface area contributed by atoms with E-state index >= 15 is 0 Å². The molecule has 0 saturated heterocycles. The highest BCUT2D eigenvalue weighted by Gasteiger charge is 2.07. The van der Waals surface area contributed by atoms with Gasteiger partial charge in [-0.1, -0.05) is 31.2 Å². The second-order valence-electron chi connectivity index (χ2n) is 3.36. The SMILES string of the molecule is CCc1ccc(-c2nc(N)nnc2Br)cc1. The van der Waals surface area contributed by atoms with Crippen molar-refractivity contribution < 1.29 is 0 Å². The number of hydrogen-bond acceptors (Lipinski definition) is 4. The molecule has 0 unspecified atom stereocenters. The van der Waals surface area contributed by atoms with Crippen molar-refractivity contribution in [3.05, 3.63) is 34.4 Å². The third-order valence-corrected chi connectivity index (χ3v) is 2.83. The van der Waals surface area contributed by atoms with Crippen molar-refractivity contribution in [1.82, 2.24) is 15.2 Å². The van der Waals surface area contributed by atoms with E-state index in [0.29, 0.717) is 4.60 Å². The minimum atomic E-state index is 0.178. The molecule has 4 nitrogen and oxygen atoms in total. The van der Waals surface area contributed by atoms with Crippen LogP contribution in [-0.2, 0) is 6.42 Å². The number of nitrogen functional groups attached to an aromatic ring is 1. The van der Waals surface area contributed by atoms with Gasteiger partial charge in [0.25, 0.3) is 0 Å². The highest BCUT2D eigenvalue weighted by Crippen LogP contribution is 2.24. The predicted octanol–water partition coefficient (Wildman–Crippen LogP) is 2.45. The summed E-state index contributed by atoms with van der Waals surface area (Å²) in [5.41, 5.74) is 8.50. The first kappa shape index (κ1) is 11.0. The maximum atomic E-state index is 5.52. The minimum absolute atomic E-state index is 0.178. The molecule has 0 fully saturated rings. The first-order valence-corrected chi connectivity index (χ1v) is 5.75. The Kier molecular flexibility index (Phi) is 3.14. The maximum absolute atomic E-state index is 5.52. The molecule has 82 valence electrons. The standard InChI is InChI=1S/C11H11BrN4/c1-2-7-3-5-8(6-4-7)9-10(12)15-16-11(13)14-9/h3-6H,2H2,1H3,(H2,13,14,16). The number of halogens is 1. The largest absolute Gasteiger partial charge is 0.366 e. The van der Waals surface area contributed by atoms with Crippen molar-refractivity contribution in [3.63, 3.8) is 0 Å². The average molecular weight is 279 g/mol. The lowest BCUT2D eigenvalue weighted by molar-refractivity contribution is 0.966. The zero-order valence-corrected chi connectivity index (χ0v) is 10.4. The van der Waals surface area contributed by atoms with Gasteiger partial charge in [0.05, 0.1) is 0 Å². The fourth-order valence-electron chi connectivity index (χ4n) is 1.41. The summed E-state index contributed by atoms with van der Waals surface area (Å²) in [5, 5.41) is 7.55. The first-order chi connectivity index (χ1) is 7.70. The van der Waals surface area contributed by atoms with Crippen LogP contribution in [0.4, 0.5) is 5.95 Å². The average Bonchev–Trinajstić information content (AvgIpc) is 2.32. The molecule has 1 aromatic carbocycles. The quantitative estimate of drug-likeness (QED) is 0.917. The number of benzene rings is 1. The van der Waals surface area contributed by atoms with Crippen molar-refractivity contribution in [1.29, 1.82) is 0 Å². The van der Waals surface area contributed by atoms with E-state index in [4.69, 9.17) is 5.73 Å². The molecule has 0 spiro atoms. The number of anilines is 1. The predicted molar refractivity (Wildman–Crippen MR) is 66.8 cm³/mol. The number of rotatable bonds is 2. The summed E-state index contributed by atoms with van der Waals surface area (Å²) in [6, 6.07) is 8.15. The molecule has 2 N–H and O–H groups in total. The highest BCUT2D eigenvalue weighted by atomic mass is 79.9. The van der Waals surface area contributed by atoms with Crippen LogP contribution in [0.3, 0.4) is 0 Å². The summed E-state index contributed by atoms with van der Waals surface area (Å²) in [6.45, 7) is 2.12. The van der Waals surface area contributed by atoms with Crippen LogP contribution in [0, 0.1) is 0 Å². The van der Waals surface area contributed by atoms with Crippen LogP contribution in [0.25, 0.3) is 11.3 Å². The third kappa shape index (κ3) is 2.19. The Labute approximate surface area is 102 Å². The minimum Gasteiger partial charge on any atom is -0.366 e. The normalized spacial score (nSPS) is 10.4. The van der Waals surface area contributed by atoms with E-state index < -0.39 is 0 Å². The molecule has 1 aromatic heterocycles. The van der Waals surface area contributed by atoms with E-state index in [1.807, 2.05) is 12.1 Å². The van der Waals surface area contributed by atoms with Gasteiger partial charge in [-0.25, -0.2) is 4.98 Å². The summed E-state index contributed by atoms with van der Waals surface area (Å²) in [6.07, 6.45) is 1.02. The van der Waals surface area contributed by atoms with Crippen molar-refractivity contribution in [2.45, 2.75) is 13.3 Å². The van der Waals surface area contributed by atoms with Gasteiger partial charge >= 0.3 is 0 Å². The molecule has 0 aliphatic carbocycles. The van der Waals surface area contributed by atoms with E-state index in [2.05, 4.69) is 50.2 Å². The van der Waals surface area contributed by atoms with Gasteiger partial charge in [-0.15, -0.1) is 10.2 Å². The van der Waals surface area contributed by atoms with Gasteiger partial charge in [0.15, 0.2) is 4.60 Å². The lowest BCUT2D eigenvalue weighted by Crippen LogP contribution is -2.00. The Bertz CT molecular complexity index is 496. The van der Waals surface area contributed by atoms with E-state index in [1.54, 1.807) is 0 Å². The van der Waals surface area contributed by atoms with E-state index in [0.717, 1.165) is 17.7 Å². The smallest absolute Gasteiger partial charge is 0.240 e. The fraction of sp³-hybridized carbons (Fsp3) is 0.182. The molecule has 0 radical (unpaired) electrons. The molecule has 2 rings (SSSR count). The van der Waals surface area contributed by atoms with Gasteiger partial charge in [0.1, 0.15) is 5.69 Å². The number of nitrogens with zero attached hydrogens (tertiary/aromatic N) is 3. The van der Waals surface area contributed by atoms with Gasteiger partial charge in [-0.3, -0.25) is 0 Å². The van der Waals surface area contributed by atoms with Gasteiger partial charge in [-0.05, 0) is 27.9 Å². The Balaban J connectivity index is 2.45. The number of nitrogens with two attached hydrogens (primary N) is 1. The van der Waals surface area contributed by atoms with Crippen LogP contribution in [0.15, 0.2) is 28.9 Å². The van der Waals surface area contributed by atoms with Crippen molar-refractivity contribution in [3.8, 4) is 11.3 Å². The molecular formula is C11H11BrN4. The zero-order chi connectivity index (χ0) is 11.5. The number of hydrogen-bond donors (Lipinski definition) is 1. The Morgan fingerprint density at radius 1 is 1.19 bits per heavy atom. The summed E-state index contributed by atoms with van der Waals surface area (Å²) in [7, 11) is 0. The van der Waals surface area contributed by atoms with Crippen LogP contribution in [-0.4, -0.2) is 15.2 Å². The second-order valence-corrected chi connectivity index (χ2v) is 4.11. The lowest BCUT2D eigenvalue weighted by atomic mass is 10.1. The molecule has 1 heterocycles. The van der Waals surface area contributed by atoms with Crippen LogP contribution < -0.4 is 5.73 Å². The molecule has 0 amide bonds. The fourth-order valence-corrected chi connectivity index (χ4v) is 1.80. The molecule has 0 aliphatic rings. The van der Waals surface area contributed by atoms with E-state index in [-0.39, 0.29) is 5.95 Å². The van der Waals surface area contributed by atoms with Crippen LogP contribution >= 0.6 is 15.9 Å². The van der Waals surface area contributed by atoms with Gasteiger partial charge < -0.3 is 5.73 Å². The third-order valence-electron chi connectivity index (χ3n) is 2.30. The van der Waals surface area contributed by atoms with Crippen LogP contribution in [0.1, 0.15) is 12.5 Å². The molecule has 5 heteroatoms. The molecule has 0 aliphatic heterocycles. The van der Waals surface area contributed by atoms with Crippen molar-refractivity contribution in [2.24, 2.45) is 0 Å². The summed E-state index contributed by atoms with van der Waals surface area (Å²) in [5.74, 6) is 0.178. The highest BCUT2D eigenvalue weighted by molar-refractivity contribution is 9.10. The number of aromatic nitrogens is 3. The summed E-state index contributed by atoms with van der Waals surface area (Å²) < 4.78 is 0.603. The van der Waals surface area contributed by atoms with Gasteiger partial charge in [0.2, 0.25) is 5.95 Å². The maximum Gasteiger partial charge on any atom is 0.240 e. The van der Waals surface area contributed by atoms with E-state index in [9.17, 15) is 0 Å². The van der Waals surface area contributed by atoms with Gasteiger partial charge in [0, 0.05) is 5.56 Å². The Morgan fingerprint density at radius 3 is 2.50 bits per heavy atom. The summed E-state index contributed by atoms with van der Waals surface area (Å²) in [4.78, 5) is 4.16. The Morgan fingerprint density at radius 2 is 1.88 bits per heavy atom. The molecule has 0 atom stereocenters. The molecular weight excluding hydrogens is 268 g/mol. The lowest BCUT2D eigenvalue weighted by Gasteiger charge is -2.04. The molecule has 16 heavy (non-hydrogen) atoms. The van der Waals surface area contributed by atoms with Crippen molar-refractivity contribution >= 4 is 21.9 Å². The van der Waals surface area contributed by atoms with Crippen LogP contribution in [0.5, 0.6) is 0 Å². The topological polar surface area (TPSA) is 64.7 Å². The number of aryl methyl sites for hydroxylation is 1. The summed E-state index contributed by atoms with van der Waals surface area (Å²) >= 11 is 3.31. The van der Waals surface area contributed by atoms with Gasteiger partial charge in [-0.2, -0.15) is 0 Å². The Hall–Kier alpha value is -1.49. The van der Waals surface area contributed by atoms with Crippen LogP contribution in [0.2, 0.25) is 0 Å². The van der Waals surface area contributed by atoms with Crippen molar-refractivity contribution in [2.75, 3.05) is 5.73 Å². The molecule has 0 saturated carbocycles. The zero-order valence-electron chi connectivity index (χ0n) is 8.81.